The fourth-order valence-electron chi connectivity index (χ4n) is 3.17. The summed E-state index contributed by atoms with van der Waals surface area (Å²) in [5.74, 6) is 0.318. The Morgan fingerprint density at radius 1 is 1.09 bits per heavy atom. The van der Waals surface area contributed by atoms with Crippen molar-refractivity contribution < 1.29 is 14.5 Å². The topological polar surface area (TPSA) is 92.6 Å². The molecule has 1 unspecified atom stereocenters. The van der Waals surface area contributed by atoms with Gasteiger partial charge < -0.3 is 10.2 Å². The molecule has 0 aliphatic heterocycles. The quantitative estimate of drug-likeness (QED) is 0.301. The molecule has 0 aliphatic carbocycles. The summed E-state index contributed by atoms with van der Waals surface area (Å²) in [4.78, 5) is 37.9. The van der Waals surface area contributed by atoms with E-state index in [1.165, 1.54) is 23.9 Å². The van der Waals surface area contributed by atoms with Gasteiger partial charge in [-0.15, -0.1) is 11.8 Å². The SMILES string of the molecule is CCCNC(=O)C(CC)N(Cc1ccc(Cl)c(Cl)c1)C(=O)CSCc1ccc([N+](=O)[O-])cc1. The van der Waals surface area contributed by atoms with Crippen LogP contribution in [0.5, 0.6) is 0 Å². The number of non-ortho nitro benzene ring substituents is 1. The van der Waals surface area contributed by atoms with E-state index in [0.717, 1.165) is 17.5 Å². The van der Waals surface area contributed by atoms with Crippen molar-refractivity contribution in [2.75, 3.05) is 12.3 Å². The van der Waals surface area contributed by atoms with E-state index in [9.17, 15) is 19.7 Å². The van der Waals surface area contributed by atoms with E-state index in [4.69, 9.17) is 23.2 Å². The molecule has 0 saturated carbocycles. The first kappa shape index (κ1) is 27.0. The molecule has 2 aromatic carbocycles. The number of amides is 2. The normalized spacial score (nSPS) is 11.6. The van der Waals surface area contributed by atoms with Crippen LogP contribution in [0.4, 0.5) is 5.69 Å². The van der Waals surface area contributed by atoms with E-state index in [0.29, 0.717) is 28.8 Å². The highest BCUT2D eigenvalue weighted by atomic mass is 35.5. The van der Waals surface area contributed by atoms with Crippen LogP contribution in [-0.4, -0.2) is 40.0 Å². The Labute approximate surface area is 208 Å². The summed E-state index contributed by atoms with van der Waals surface area (Å²) in [7, 11) is 0. The van der Waals surface area contributed by atoms with Crippen LogP contribution in [0.2, 0.25) is 10.0 Å². The maximum atomic E-state index is 13.2. The summed E-state index contributed by atoms with van der Waals surface area (Å²) >= 11 is 13.5. The Hall–Kier alpha value is -2.29. The minimum absolute atomic E-state index is 0.0245. The third-order valence-corrected chi connectivity index (χ3v) is 6.64. The van der Waals surface area contributed by atoms with Crippen molar-refractivity contribution in [1.29, 1.82) is 0 Å². The predicted molar refractivity (Wildman–Crippen MR) is 134 cm³/mol. The number of thioether (sulfide) groups is 1. The molecule has 0 bridgehead atoms. The highest BCUT2D eigenvalue weighted by Crippen LogP contribution is 2.25. The maximum Gasteiger partial charge on any atom is 0.269 e. The molecule has 33 heavy (non-hydrogen) atoms. The molecule has 0 aromatic heterocycles. The number of hydrogen-bond acceptors (Lipinski definition) is 5. The summed E-state index contributed by atoms with van der Waals surface area (Å²) < 4.78 is 0. The first-order valence-corrected chi connectivity index (χ1v) is 12.5. The van der Waals surface area contributed by atoms with Crippen molar-refractivity contribution in [2.45, 2.75) is 45.0 Å². The number of nitro groups is 1. The molecule has 1 atom stereocenters. The van der Waals surface area contributed by atoms with Crippen LogP contribution in [0.3, 0.4) is 0 Å². The molecular formula is C23H27Cl2N3O4S. The van der Waals surface area contributed by atoms with Crippen LogP contribution in [0.25, 0.3) is 0 Å². The van der Waals surface area contributed by atoms with Crippen LogP contribution in [0.1, 0.15) is 37.8 Å². The zero-order valence-corrected chi connectivity index (χ0v) is 20.9. The number of benzene rings is 2. The van der Waals surface area contributed by atoms with Gasteiger partial charge in [-0.05, 0) is 36.1 Å². The van der Waals surface area contributed by atoms with E-state index in [1.807, 2.05) is 13.8 Å². The van der Waals surface area contributed by atoms with Crippen molar-refractivity contribution in [3.8, 4) is 0 Å². The molecule has 7 nitrogen and oxygen atoms in total. The molecule has 10 heteroatoms. The summed E-state index contributed by atoms with van der Waals surface area (Å²) in [6.07, 6.45) is 1.27. The lowest BCUT2D eigenvalue weighted by molar-refractivity contribution is -0.384. The van der Waals surface area contributed by atoms with Crippen molar-refractivity contribution in [3.63, 3.8) is 0 Å². The number of nitrogens with one attached hydrogen (secondary N) is 1. The van der Waals surface area contributed by atoms with E-state index in [1.54, 1.807) is 35.2 Å². The van der Waals surface area contributed by atoms with Crippen LogP contribution >= 0.6 is 35.0 Å². The zero-order chi connectivity index (χ0) is 24.4. The number of carbonyl (C=O) groups is 2. The lowest BCUT2D eigenvalue weighted by Crippen LogP contribution is -2.49. The van der Waals surface area contributed by atoms with Crippen molar-refractivity contribution in [1.82, 2.24) is 10.2 Å². The Kier molecular flexibility index (Phi) is 11.0. The lowest BCUT2D eigenvalue weighted by atomic mass is 10.1. The van der Waals surface area contributed by atoms with Crippen LogP contribution < -0.4 is 5.32 Å². The number of carbonyl (C=O) groups excluding carboxylic acids is 2. The average molecular weight is 512 g/mol. The highest BCUT2D eigenvalue weighted by Gasteiger charge is 2.28. The van der Waals surface area contributed by atoms with E-state index in [2.05, 4.69) is 5.32 Å². The van der Waals surface area contributed by atoms with Crippen molar-refractivity contribution >= 4 is 52.5 Å². The first-order chi connectivity index (χ1) is 15.8. The standard InChI is InChI=1S/C23H27Cl2N3O4S/c1-3-11-26-23(30)21(4-2)27(13-17-7-10-19(24)20(25)12-17)22(29)15-33-14-16-5-8-18(9-6-16)28(31)32/h5-10,12,21H,3-4,11,13-15H2,1-2H3,(H,26,30). The molecule has 0 spiro atoms. The first-order valence-electron chi connectivity index (χ1n) is 10.6. The number of rotatable bonds is 12. The van der Waals surface area contributed by atoms with E-state index >= 15 is 0 Å². The minimum Gasteiger partial charge on any atom is -0.354 e. The summed E-state index contributed by atoms with van der Waals surface area (Å²) in [6.45, 7) is 4.61. The Bertz CT molecular complexity index is 973. The Balaban J connectivity index is 2.12. The van der Waals surface area contributed by atoms with Gasteiger partial charge in [0.05, 0.1) is 20.7 Å². The van der Waals surface area contributed by atoms with Gasteiger partial charge in [0.25, 0.3) is 5.69 Å². The summed E-state index contributed by atoms with van der Waals surface area (Å²) in [5, 5.41) is 14.5. The number of nitrogens with zero attached hydrogens (tertiary/aromatic N) is 2. The third kappa shape index (κ3) is 8.21. The van der Waals surface area contributed by atoms with E-state index < -0.39 is 11.0 Å². The van der Waals surface area contributed by atoms with Gasteiger partial charge in [-0.2, -0.15) is 0 Å². The lowest BCUT2D eigenvalue weighted by Gasteiger charge is -2.30. The van der Waals surface area contributed by atoms with Crippen LogP contribution in [-0.2, 0) is 21.9 Å². The second kappa shape index (κ2) is 13.4. The maximum absolute atomic E-state index is 13.2. The van der Waals surface area contributed by atoms with Crippen molar-refractivity contribution in [3.05, 3.63) is 73.8 Å². The Morgan fingerprint density at radius 2 is 1.76 bits per heavy atom. The molecule has 178 valence electrons. The number of hydrogen-bond donors (Lipinski definition) is 1. The number of nitro benzene ring substituents is 1. The molecular weight excluding hydrogens is 485 g/mol. The second-order valence-electron chi connectivity index (χ2n) is 7.40. The largest absolute Gasteiger partial charge is 0.354 e. The fourth-order valence-corrected chi connectivity index (χ4v) is 4.36. The zero-order valence-electron chi connectivity index (χ0n) is 18.6. The van der Waals surface area contributed by atoms with Gasteiger partial charge in [0.2, 0.25) is 11.8 Å². The third-order valence-electron chi connectivity index (χ3n) is 4.91. The van der Waals surface area contributed by atoms with Gasteiger partial charge in [-0.1, -0.05) is 55.2 Å². The molecule has 0 heterocycles. The Morgan fingerprint density at radius 3 is 2.33 bits per heavy atom. The van der Waals surface area contributed by atoms with Gasteiger partial charge >= 0.3 is 0 Å². The van der Waals surface area contributed by atoms with Gasteiger partial charge in [0.15, 0.2) is 0 Å². The summed E-state index contributed by atoms with van der Waals surface area (Å²) in [5.41, 5.74) is 1.68. The van der Waals surface area contributed by atoms with Crippen molar-refractivity contribution in [2.24, 2.45) is 0 Å². The van der Waals surface area contributed by atoms with Gasteiger partial charge in [0.1, 0.15) is 6.04 Å². The molecule has 2 rings (SSSR count). The second-order valence-corrected chi connectivity index (χ2v) is 9.20. The minimum atomic E-state index is -0.613. The summed E-state index contributed by atoms with van der Waals surface area (Å²) in [6, 6.07) is 10.8. The molecule has 2 amide bonds. The molecule has 1 N–H and O–H groups in total. The van der Waals surface area contributed by atoms with E-state index in [-0.39, 0.29) is 29.8 Å². The molecule has 0 radical (unpaired) electrons. The molecule has 0 fully saturated rings. The monoisotopic (exact) mass is 511 g/mol. The molecule has 0 aliphatic rings. The van der Waals surface area contributed by atoms with Gasteiger partial charge in [-0.3, -0.25) is 19.7 Å². The molecule has 2 aromatic rings. The average Bonchev–Trinajstić information content (AvgIpc) is 2.80. The smallest absolute Gasteiger partial charge is 0.269 e. The number of halogens is 2. The predicted octanol–water partition coefficient (Wildman–Crippen LogP) is 5.47. The van der Waals surface area contributed by atoms with Crippen LogP contribution in [0.15, 0.2) is 42.5 Å². The van der Waals surface area contributed by atoms with Crippen LogP contribution in [0, 0.1) is 10.1 Å². The van der Waals surface area contributed by atoms with Gasteiger partial charge in [-0.25, -0.2) is 0 Å². The van der Waals surface area contributed by atoms with Gasteiger partial charge in [0, 0.05) is 31.0 Å². The fraction of sp³-hybridized carbons (Fsp3) is 0.391. The molecule has 0 saturated heterocycles. The highest BCUT2D eigenvalue weighted by molar-refractivity contribution is 7.99.